The first kappa shape index (κ1) is 11.1. The van der Waals surface area contributed by atoms with Gasteiger partial charge in [-0.25, -0.2) is 0 Å². The third kappa shape index (κ3) is 2.07. The molecule has 2 atom stereocenters. The maximum absolute atomic E-state index is 9.82. The Morgan fingerprint density at radius 1 is 1.31 bits per heavy atom. The molecule has 2 unspecified atom stereocenters. The van der Waals surface area contributed by atoms with Crippen molar-refractivity contribution in [3.63, 3.8) is 0 Å². The van der Waals surface area contributed by atoms with Crippen LogP contribution in [-0.4, -0.2) is 16.3 Å². The molecule has 0 radical (unpaired) electrons. The Kier molecular flexibility index (Phi) is 3.20. The van der Waals surface area contributed by atoms with Crippen molar-refractivity contribution in [3.05, 3.63) is 35.2 Å². The number of thiophene rings is 1. The van der Waals surface area contributed by atoms with E-state index in [1.807, 2.05) is 29.6 Å². The highest BCUT2D eigenvalue weighted by Crippen LogP contribution is 2.26. The van der Waals surface area contributed by atoms with Crippen LogP contribution in [0.3, 0.4) is 0 Å². The van der Waals surface area contributed by atoms with E-state index in [0.29, 0.717) is 5.56 Å². The molecule has 2 N–H and O–H groups in total. The van der Waals surface area contributed by atoms with Gasteiger partial charge in [-0.15, -0.1) is 11.3 Å². The smallest absolute Gasteiger partial charge is 0.106 e. The highest BCUT2D eigenvalue weighted by Gasteiger charge is 2.18. The van der Waals surface area contributed by atoms with Crippen LogP contribution in [0.2, 0.25) is 0 Å². The summed E-state index contributed by atoms with van der Waals surface area (Å²) < 4.78 is 1.07. The average molecular weight is 233 g/mol. The van der Waals surface area contributed by atoms with E-state index in [2.05, 4.69) is 0 Å². The van der Waals surface area contributed by atoms with Gasteiger partial charge in [0, 0.05) is 4.70 Å². The molecule has 0 saturated heterocycles. The Hall–Kier alpha value is -1.41. The molecule has 0 aliphatic carbocycles. The van der Waals surface area contributed by atoms with E-state index in [-0.39, 0.29) is 6.42 Å². The fourth-order valence-electron chi connectivity index (χ4n) is 1.58. The molecule has 3 nitrogen and oxygen atoms in total. The molecule has 2 aromatic rings. The normalized spacial score (nSPS) is 14.6. The molecule has 82 valence electrons. The summed E-state index contributed by atoms with van der Waals surface area (Å²) in [6.45, 7) is 0. The Bertz CT molecular complexity index is 529. The van der Waals surface area contributed by atoms with Crippen LogP contribution in [0.15, 0.2) is 29.6 Å². The van der Waals surface area contributed by atoms with Crippen molar-refractivity contribution in [2.75, 3.05) is 0 Å². The maximum atomic E-state index is 9.82. The van der Waals surface area contributed by atoms with Crippen LogP contribution in [0.5, 0.6) is 0 Å². The van der Waals surface area contributed by atoms with E-state index < -0.39 is 12.2 Å². The third-order valence-corrected chi connectivity index (χ3v) is 3.37. The Morgan fingerprint density at radius 3 is 2.88 bits per heavy atom. The van der Waals surface area contributed by atoms with Gasteiger partial charge in [-0.3, -0.25) is 0 Å². The second kappa shape index (κ2) is 4.62. The molecule has 0 amide bonds. The molecule has 0 aliphatic rings. The standard InChI is InChI=1S/C12H11NO2S/c13-5-3-10(14)12(15)9-2-1-8-4-6-16-11(8)7-9/h1-2,4,6-7,10,12,14-15H,3H2. The summed E-state index contributed by atoms with van der Waals surface area (Å²) >= 11 is 1.59. The minimum atomic E-state index is -1.03. The first-order valence-corrected chi connectivity index (χ1v) is 5.80. The molecule has 1 aromatic carbocycles. The van der Waals surface area contributed by atoms with Gasteiger partial charge in [0.2, 0.25) is 0 Å². The van der Waals surface area contributed by atoms with E-state index in [1.54, 1.807) is 17.4 Å². The van der Waals surface area contributed by atoms with Gasteiger partial charge < -0.3 is 10.2 Å². The van der Waals surface area contributed by atoms with Gasteiger partial charge in [0.25, 0.3) is 0 Å². The zero-order chi connectivity index (χ0) is 11.5. The third-order valence-electron chi connectivity index (χ3n) is 2.49. The van der Waals surface area contributed by atoms with Crippen LogP contribution in [0.25, 0.3) is 10.1 Å². The van der Waals surface area contributed by atoms with Gasteiger partial charge in [0.1, 0.15) is 6.10 Å². The topological polar surface area (TPSA) is 64.2 Å². The molecule has 1 heterocycles. The molecule has 4 heteroatoms. The van der Waals surface area contributed by atoms with Crippen molar-refractivity contribution in [2.24, 2.45) is 0 Å². The van der Waals surface area contributed by atoms with Gasteiger partial charge >= 0.3 is 0 Å². The Balaban J connectivity index is 2.29. The van der Waals surface area contributed by atoms with Gasteiger partial charge in [0.15, 0.2) is 0 Å². The Labute approximate surface area is 97.2 Å². The summed E-state index contributed by atoms with van der Waals surface area (Å²) in [5.74, 6) is 0. The predicted octanol–water partition coefficient (Wildman–Crippen LogP) is 2.21. The van der Waals surface area contributed by atoms with E-state index >= 15 is 0 Å². The summed E-state index contributed by atoms with van der Waals surface area (Å²) in [6.07, 6.45) is -2.09. The number of hydrogen-bond acceptors (Lipinski definition) is 4. The number of aliphatic hydroxyl groups is 2. The fraction of sp³-hybridized carbons (Fsp3) is 0.250. The van der Waals surface area contributed by atoms with E-state index in [9.17, 15) is 10.2 Å². The fourth-order valence-corrected chi connectivity index (χ4v) is 2.42. The summed E-state index contributed by atoms with van der Waals surface area (Å²) in [5, 5.41) is 30.9. The second-order valence-corrected chi connectivity index (χ2v) is 4.54. The van der Waals surface area contributed by atoms with E-state index in [1.165, 1.54) is 0 Å². The van der Waals surface area contributed by atoms with Crippen molar-refractivity contribution in [1.82, 2.24) is 0 Å². The highest BCUT2D eigenvalue weighted by atomic mass is 32.1. The van der Waals surface area contributed by atoms with E-state index in [4.69, 9.17) is 5.26 Å². The zero-order valence-corrected chi connectivity index (χ0v) is 9.31. The minimum absolute atomic E-state index is 0.0658. The molecule has 2 rings (SSSR count). The minimum Gasteiger partial charge on any atom is -0.389 e. The molecule has 0 saturated carbocycles. The number of hydrogen-bond donors (Lipinski definition) is 2. The number of benzene rings is 1. The van der Waals surface area contributed by atoms with Crippen LogP contribution in [0.4, 0.5) is 0 Å². The number of rotatable bonds is 3. The Morgan fingerprint density at radius 2 is 2.12 bits per heavy atom. The summed E-state index contributed by atoms with van der Waals surface area (Å²) in [6, 6.07) is 9.38. The highest BCUT2D eigenvalue weighted by molar-refractivity contribution is 7.17. The lowest BCUT2D eigenvalue weighted by molar-refractivity contribution is 0.0217. The molecule has 0 fully saturated rings. The SMILES string of the molecule is N#CCC(O)C(O)c1ccc2ccsc2c1. The first-order valence-electron chi connectivity index (χ1n) is 4.92. The van der Waals surface area contributed by atoms with Gasteiger partial charge in [-0.05, 0) is 28.5 Å². The summed E-state index contributed by atoms with van der Waals surface area (Å²) in [5.41, 5.74) is 0.651. The van der Waals surface area contributed by atoms with Crippen molar-refractivity contribution in [3.8, 4) is 6.07 Å². The van der Waals surface area contributed by atoms with Crippen molar-refractivity contribution in [1.29, 1.82) is 5.26 Å². The van der Waals surface area contributed by atoms with Gasteiger partial charge in [-0.1, -0.05) is 12.1 Å². The summed E-state index contributed by atoms with van der Waals surface area (Å²) in [7, 11) is 0. The van der Waals surface area contributed by atoms with Crippen LogP contribution >= 0.6 is 11.3 Å². The van der Waals surface area contributed by atoms with E-state index in [0.717, 1.165) is 10.1 Å². The van der Waals surface area contributed by atoms with Crippen LogP contribution in [-0.2, 0) is 0 Å². The van der Waals surface area contributed by atoms with Crippen LogP contribution in [0.1, 0.15) is 18.1 Å². The van der Waals surface area contributed by atoms with Crippen LogP contribution < -0.4 is 0 Å². The summed E-state index contributed by atoms with van der Waals surface area (Å²) in [4.78, 5) is 0. The quantitative estimate of drug-likeness (QED) is 0.854. The number of fused-ring (bicyclic) bond motifs is 1. The number of nitrogens with zero attached hydrogens (tertiary/aromatic N) is 1. The molecule has 16 heavy (non-hydrogen) atoms. The van der Waals surface area contributed by atoms with Gasteiger partial charge in [-0.2, -0.15) is 5.26 Å². The second-order valence-electron chi connectivity index (χ2n) is 3.59. The molecular formula is C12H11NO2S. The largest absolute Gasteiger partial charge is 0.389 e. The lowest BCUT2D eigenvalue weighted by atomic mass is 10.0. The molecular weight excluding hydrogens is 222 g/mol. The molecule has 0 bridgehead atoms. The van der Waals surface area contributed by atoms with Gasteiger partial charge in [0.05, 0.1) is 18.6 Å². The molecule has 1 aromatic heterocycles. The molecule has 0 aliphatic heterocycles. The first-order chi connectivity index (χ1) is 7.72. The lowest BCUT2D eigenvalue weighted by Gasteiger charge is -2.15. The average Bonchev–Trinajstić information content (AvgIpc) is 2.75. The van der Waals surface area contributed by atoms with Crippen molar-refractivity contribution < 1.29 is 10.2 Å². The predicted molar refractivity (Wildman–Crippen MR) is 63.0 cm³/mol. The number of nitriles is 1. The van der Waals surface area contributed by atoms with Crippen LogP contribution in [0, 0.1) is 11.3 Å². The van der Waals surface area contributed by atoms with Crippen molar-refractivity contribution in [2.45, 2.75) is 18.6 Å². The zero-order valence-electron chi connectivity index (χ0n) is 8.50. The number of aliphatic hydroxyl groups excluding tert-OH is 2. The monoisotopic (exact) mass is 233 g/mol. The molecule has 0 spiro atoms. The lowest BCUT2D eigenvalue weighted by Crippen LogP contribution is -2.17. The maximum Gasteiger partial charge on any atom is 0.106 e. The van der Waals surface area contributed by atoms with Crippen molar-refractivity contribution >= 4 is 21.4 Å².